The van der Waals surface area contributed by atoms with Crippen LogP contribution in [0.25, 0.3) is 0 Å². The van der Waals surface area contributed by atoms with Gasteiger partial charge >= 0.3 is 0 Å². The quantitative estimate of drug-likeness (QED) is 0.655. The Labute approximate surface area is 94.6 Å². The number of aliphatic imine (C=N–C) groups is 1. The van der Waals surface area contributed by atoms with Crippen LogP contribution in [0.5, 0.6) is 0 Å². The van der Waals surface area contributed by atoms with Crippen molar-refractivity contribution in [3.05, 3.63) is 28.3 Å². The van der Waals surface area contributed by atoms with Gasteiger partial charge in [-0.3, -0.25) is 0 Å². The van der Waals surface area contributed by atoms with Gasteiger partial charge in [0.2, 0.25) is 0 Å². The van der Waals surface area contributed by atoms with Crippen LogP contribution in [0.2, 0.25) is 5.02 Å². The van der Waals surface area contributed by atoms with Gasteiger partial charge in [-0.1, -0.05) is 11.6 Å². The molecular weight excluding hydrogens is 208 g/mol. The van der Waals surface area contributed by atoms with Crippen molar-refractivity contribution >= 4 is 23.1 Å². The molecule has 2 heterocycles. The van der Waals surface area contributed by atoms with E-state index in [2.05, 4.69) is 22.9 Å². The third-order valence-electron chi connectivity index (χ3n) is 3.11. The average molecular weight is 221 g/mol. The standard InChI is InChI=1S/C12H13ClN2/c1-8-5-10(13)9-7-15-4-2-3-12(15)14-11(9)6-8/h5-6H,2-4,7H2,1H3. The second kappa shape index (κ2) is 3.24. The Bertz CT molecular complexity index is 451. The molecule has 0 amide bonds. The van der Waals surface area contributed by atoms with E-state index in [1.165, 1.54) is 23.4 Å². The molecule has 78 valence electrons. The smallest absolute Gasteiger partial charge is 0.105 e. The van der Waals surface area contributed by atoms with Crippen molar-refractivity contribution in [2.75, 3.05) is 6.54 Å². The zero-order valence-electron chi connectivity index (χ0n) is 8.76. The van der Waals surface area contributed by atoms with Gasteiger partial charge in [-0.2, -0.15) is 0 Å². The summed E-state index contributed by atoms with van der Waals surface area (Å²) in [5, 5.41) is 0.861. The minimum atomic E-state index is 0.861. The first kappa shape index (κ1) is 9.22. The fourth-order valence-corrected chi connectivity index (χ4v) is 2.68. The lowest BCUT2D eigenvalue weighted by molar-refractivity contribution is 0.443. The third-order valence-corrected chi connectivity index (χ3v) is 3.45. The van der Waals surface area contributed by atoms with E-state index >= 15 is 0 Å². The highest BCUT2D eigenvalue weighted by atomic mass is 35.5. The summed E-state index contributed by atoms with van der Waals surface area (Å²) in [5.41, 5.74) is 3.45. The van der Waals surface area contributed by atoms with Gasteiger partial charge in [0, 0.05) is 30.1 Å². The Morgan fingerprint density at radius 2 is 2.27 bits per heavy atom. The highest BCUT2D eigenvalue weighted by Crippen LogP contribution is 2.35. The molecule has 3 heteroatoms. The van der Waals surface area contributed by atoms with Crippen LogP contribution in [-0.2, 0) is 6.54 Å². The van der Waals surface area contributed by atoms with Gasteiger partial charge in [-0.25, -0.2) is 4.99 Å². The normalized spacial score (nSPS) is 18.5. The summed E-state index contributed by atoms with van der Waals surface area (Å²) < 4.78 is 0. The number of amidine groups is 1. The van der Waals surface area contributed by atoms with E-state index in [0.717, 1.165) is 30.2 Å². The minimum Gasteiger partial charge on any atom is -0.356 e. The lowest BCUT2D eigenvalue weighted by Crippen LogP contribution is -2.27. The minimum absolute atomic E-state index is 0.861. The van der Waals surface area contributed by atoms with E-state index in [-0.39, 0.29) is 0 Å². The molecule has 0 atom stereocenters. The van der Waals surface area contributed by atoms with Crippen LogP contribution in [0, 0.1) is 6.92 Å². The molecule has 0 radical (unpaired) electrons. The van der Waals surface area contributed by atoms with Crippen LogP contribution in [0.15, 0.2) is 17.1 Å². The number of rotatable bonds is 0. The van der Waals surface area contributed by atoms with Gasteiger partial charge in [0.25, 0.3) is 0 Å². The molecule has 0 spiro atoms. The lowest BCUT2D eigenvalue weighted by Gasteiger charge is -2.25. The maximum Gasteiger partial charge on any atom is 0.105 e. The zero-order valence-corrected chi connectivity index (χ0v) is 9.51. The molecule has 1 aromatic carbocycles. The van der Waals surface area contributed by atoms with E-state index in [4.69, 9.17) is 11.6 Å². The van der Waals surface area contributed by atoms with Gasteiger partial charge in [0.05, 0.1) is 5.69 Å². The summed E-state index contributed by atoms with van der Waals surface area (Å²) in [6.45, 7) is 4.13. The monoisotopic (exact) mass is 220 g/mol. The topological polar surface area (TPSA) is 15.6 Å². The lowest BCUT2D eigenvalue weighted by atomic mass is 10.1. The zero-order chi connectivity index (χ0) is 10.4. The molecule has 0 unspecified atom stereocenters. The van der Waals surface area contributed by atoms with Gasteiger partial charge in [-0.15, -0.1) is 0 Å². The van der Waals surface area contributed by atoms with Crippen molar-refractivity contribution < 1.29 is 0 Å². The molecule has 0 N–H and O–H groups in total. The summed E-state index contributed by atoms with van der Waals surface area (Å²) in [6, 6.07) is 4.15. The van der Waals surface area contributed by atoms with Crippen LogP contribution in [-0.4, -0.2) is 17.3 Å². The summed E-state index contributed by atoms with van der Waals surface area (Å²) in [5.74, 6) is 1.24. The SMILES string of the molecule is Cc1cc(Cl)c2c(c1)N=C1CCCN1C2. The first-order valence-corrected chi connectivity index (χ1v) is 5.73. The van der Waals surface area contributed by atoms with Crippen molar-refractivity contribution in [3.8, 4) is 0 Å². The fraction of sp³-hybridized carbons (Fsp3) is 0.417. The Morgan fingerprint density at radius 1 is 1.40 bits per heavy atom. The molecule has 0 bridgehead atoms. The molecule has 1 aromatic rings. The Hall–Kier alpha value is -1.02. The highest BCUT2D eigenvalue weighted by Gasteiger charge is 2.25. The van der Waals surface area contributed by atoms with Gasteiger partial charge in [0.15, 0.2) is 0 Å². The molecule has 1 saturated heterocycles. The number of nitrogens with zero attached hydrogens (tertiary/aromatic N) is 2. The predicted octanol–water partition coefficient (Wildman–Crippen LogP) is 3.29. The Kier molecular flexibility index (Phi) is 1.99. The predicted molar refractivity (Wildman–Crippen MR) is 62.9 cm³/mol. The number of hydrogen-bond donors (Lipinski definition) is 0. The first-order chi connectivity index (χ1) is 7.24. The molecule has 2 nitrogen and oxygen atoms in total. The van der Waals surface area contributed by atoms with Gasteiger partial charge in [-0.05, 0) is 31.0 Å². The van der Waals surface area contributed by atoms with Crippen LogP contribution in [0.1, 0.15) is 24.0 Å². The van der Waals surface area contributed by atoms with Crippen LogP contribution in [0.3, 0.4) is 0 Å². The Morgan fingerprint density at radius 3 is 3.13 bits per heavy atom. The molecule has 3 rings (SSSR count). The van der Waals surface area contributed by atoms with Crippen LogP contribution < -0.4 is 0 Å². The summed E-state index contributed by atoms with van der Waals surface area (Å²) in [7, 11) is 0. The third kappa shape index (κ3) is 1.44. The van der Waals surface area contributed by atoms with Crippen LogP contribution >= 0.6 is 11.6 Å². The van der Waals surface area contributed by atoms with E-state index < -0.39 is 0 Å². The van der Waals surface area contributed by atoms with Crippen molar-refractivity contribution in [1.29, 1.82) is 0 Å². The molecule has 0 aromatic heterocycles. The molecule has 2 aliphatic rings. The number of halogens is 1. The maximum absolute atomic E-state index is 6.24. The van der Waals surface area contributed by atoms with Crippen molar-refractivity contribution in [2.24, 2.45) is 4.99 Å². The van der Waals surface area contributed by atoms with Crippen molar-refractivity contribution in [3.63, 3.8) is 0 Å². The number of hydrogen-bond acceptors (Lipinski definition) is 2. The second-order valence-electron chi connectivity index (χ2n) is 4.30. The van der Waals surface area contributed by atoms with E-state index in [9.17, 15) is 0 Å². The van der Waals surface area contributed by atoms with Gasteiger partial charge < -0.3 is 4.90 Å². The van der Waals surface area contributed by atoms with Crippen molar-refractivity contribution in [2.45, 2.75) is 26.3 Å². The molecule has 0 aliphatic carbocycles. The second-order valence-corrected chi connectivity index (χ2v) is 4.70. The largest absolute Gasteiger partial charge is 0.356 e. The molecule has 2 aliphatic heterocycles. The number of fused-ring (bicyclic) bond motifs is 2. The number of benzene rings is 1. The summed E-state index contributed by atoms with van der Waals surface area (Å²) in [4.78, 5) is 7.02. The summed E-state index contributed by atoms with van der Waals surface area (Å²) in [6.07, 6.45) is 2.34. The average Bonchev–Trinajstić information content (AvgIpc) is 2.61. The molecule has 0 saturated carbocycles. The fourth-order valence-electron chi connectivity index (χ4n) is 2.35. The van der Waals surface area contributed by atoms with Crippen LogP contribution in [0.4, 0.5) is 5.69 Å². The molecular formula is C12H13ClN2. The first-order valence-electron chi connectivity index (χ1n) is 5.35. The Balaban J connectivity index is 2.15. The van der Waals surface area contributed by atoms with E-state index in [0.29, 0.717) is 0 Å². The maximum atomic E-state index is 6.24. The van der Waals surface area contributed by atoms with Crippen molar-refractivity contribution in [1.82, 2.24) is 4.90 Å². The summed E-state index contributed by atoms with van der Waals surface area (Å²) >= 11 is 6.24. The van der Waals surface area contributed by atoms with E-state index in [1.54, 1.807) is 0 Å². The van der Waals surface area contributed by atoms with Gasteiger partial charge in [0.1, 0.15) is 5.84 Å². The highest BCUT2D eigenvalue weighted by molar-refractivity contribution is 6.31. The number of aryl methyl sites for hydroxylation is 1. The molecule has 1 fully saturated rings. The van der Waals surface area contributed by atoms with E-state index in [1.807, 2.05) is 6.07 Å². The molecule has 15 heavy (non-hydrogen) atoms.